The molecule has 1 saturated carbocycles. The van der Waals surface area contributed by atoms with E-state index in [4.69, 9.17) is 10.00 Å². The number of rotatable bonds is 6. The van der Waals surface area contributed by atoms with E-state index < -0.39 is 0 Å². The summed E-state index contributed by atoms with van der Waals surface area (Å²) in [6, 6.07) is 7.49. The summed E-state index contributed by atoms with van der Waals surface area (Å²) in [5, 5.41) is 8.38. The van der Waals surface area contributed by atoms with E-state index in [0.717, 1.165) is 38.5 Å². The van der Waals surface area contributed by atoms with Gasteiger partial charge < -0.3 is 4.74 Å². The molecule has 4 heteroatoms. The Morgan fingerprint density at radius 3 is 2.58 bits per heavy atom. The molecule has 1 aliphatic rings. The monoisotopic (exact) mass is 327 g/mol. The highest BCUT2D eigenvalue weighted by Crippen LogP contribution is 2.32. The minimum absolute atomic E-state index is 0.0552. The Morgan fingerprint density at radius 1 is 1.21 bits per heavy atom. The Balaban J connectivity index is 1.69. The number of esters is 1. The Labute approximate surface area is 142 Å². The minimum Gasteiger partial charge on any atom is -0.426 e. The van der Waals surface area contributed by atoms with Crippen LogP contribution in [0, 0.1) is 29.0 Å². The molecule has 1 aromatic carbocycles. The third-order valence-corrected chi connectivity index (χ3v) is 4.37. The predicted molar refractivity (Wildman–Crippen MR) is 90.6 cm³/mol. The standard InChI is InChI=1S/C20H22FNO2/c21-18-11-13-19(14-12-18)24-20(23)17-9-7-16(8-10-17)6-4-2-1-3-5-15-22/h1-3,5,11-14,16-17H,4,6-10H2/t16-,17-. The molecule has 1 fully saturated rings. The SMILES string of the molecule is N#CC=CC=CCC[C@H]1CC[C@H](C(=O)Oc2ccc(F)cc2)CC1. The van der Waals surface area contributed by atoms with Crippen molar-refractivity contribution >= 4 is 5.97 Å². The second kappa shape index (κ2) is 9.67. The molecule has 0 N–H and O–H groups in total. The maximum absolute atomic E-state index is 12.8. The van der Waals surface area contributed by atoms with Gasteiger partial charge in [0.2, 0.25) is 0 Å². The lowest BCUT2D eigenvalue weighted by molar-refractivity contribution is -0.140. The van der Waals surface area contributed by atoms with Gasteiger partial charge in [-0.2, -0.15) is 5.26 Å². The van der Waals surface area contributed by atoms with Crippen molar-refractivity contribution in [3.05, 3.63) is 54.4 Å². The zero-order chi connectivity index (χ0) is 17.2. The maximum atomic E-state index is 12.8. The van der Waals surface area contributed by atoms with Gasteiger partial charge >= 0.3 is 5.97 Å². The average molecular weight is 327 g/mol. The first-order chi connectivity index (χ1) is 11.7. The number of allylic oxidation sites excluding steroid dienone is 4. The van der Waals surface area contributed by atoms with Gasteiger partial charge in [-0.05, 0) is 68.7 Å². The molecule has 1 aliphatic carbocycles. The molecule has 0 spiro atoms. The third-order valence-electron chi connectivity index (χ3n) is 4.37. The van der Waals surface area contributed by atoms with Crippen molar-refractivity contribution in [3.8, 4) is 11.8 Å². The van der Waals surface area contributed by atoms with Crippen molar-refractivity contribution in [2.45, 2.75) is 38.5 Å². The number of nitriles is 1. The predicted octanol–water partition coefficient (Wildman–Crippen LogP) is 4.95. The van der Waals surface area contributed by atoms with Gasteiger partial charge in [0, 0.05) is 6.08 Å². The van der Waals surface area contributed by atoms with E-state index in [1.54, 1.807) is 6.08 Å². The Bertz CT molecular complexity index is 620. The highest BCUT2D eigenvalue weighted by atomic mass is 19.1. The van der Waals surface area contributed by atoms with Crippen molar-refractivity contribution in [1.29, 1.82) is 5.26 Å². The van der Waals surface area contributed by atoms with Gasteiger partial charge in [-0.1, -0.05) is 18.2 Å². The summed E-state index contributed by atoms with van der Waals surface area (Å²) >= 11 is 0. The number of nitrogens with zero attached hydrogens (tertiary/aromatic N) is 1. The summed E-state index contributed by atoms with van der Waals surface area (Å²) in [6.45, 7) is 0. The van der Waals surface area contributed by atoms with Crippen LogP contribution in [-0.4, -0.2) is 5.97 Å². The van der Waals surface area contributed by atoms with Crippen molar-refractivity contribution in [1.82, 2.24) is 0 Å². The lowest BCUT2D eigenvalue weighted by atomic mass is 9.80. The van der Waals surface area contributed by atoms with E-state index in [-0.39, 0.29) is 17.7 Å². The third kappa shape index (κ3) is 6.00. The molecule has 126 valence electrons. The lowest BCUT2D eigenvalue weighted by Gasteiger charge is -2.26. The van der Waals surface area contributed by atoms with Crippen LogP contribution in [-0.2, 0) is 4.79 Å². The average Bonchev–Trinajstić information content (AvgIpc) is 2.60. The zero-order valence-electron chi connectivity index (χ0n) is 13.7. The number of benzene rings is 1. The molecule has 0 unspecified atom stereocenters. The smallest absolute Gasteiger partial charge is 0.314 e. The molecular weight excluding hydrogens is 305 g/mol. The molecule has 0 amide bonds. The number of hydrogen-bond donors (Lipinski definition) is 0. The second-order valence-electron chi connectivity index (χ2n) is 6.09. The number of hydrogen-bond acceptors (Lipinski definition) is 3. The van der Waals surface area contributed by atoms with E-state index in [1.165, 1.54) is 30.3 Å². The van der Waals surface area contributed by atoms with Gasteiger partial charge in [0.05, 0.1) is 12.0 Å². The van der Waals surface area contributed by atoms with Crippen LogP contribution in [0.3, 0.4) is 0 Å². The van der Waals surface area contributed by atoms with Crippen LogP contribution >= 0.6 is 0 Å². The lowest BCUT2D eigenvalue weighted by Crippen LogP contribution is -2.25. The molecule has 0 radical (unpaired) electrons. The molecule has 3 nitrogen and oxygen atoms in total. The number of halogens is 1. The molecule has 1 aromatic rings. The van der Waals surface area contributed by atoms with E-state index in [2.05, 4.69) is 6.08 Å². The molecule has 2 rings (SSSR count). The fourth-order valence-corrected chi connectivity index (χ4v) is 2.99. The fraction of sp³-hybridized carbons (Fsp3) is 0.400. The van der Waals surface area contributed by atoms with Gasteiger partial charge in [0.15, 0.2) is 0 Å². The zero-order valence-corrected chi connectivity index (χ0v) is 13.7. The Kier molecular flexibility index (Phi) is 7.22. The highest BCUT2D eigenvalue weighted by Gasteiger charge is 2.27. The summed E-state index contributed by atoms with van der Waals surface area (Å²) in [6.07, 6.45) is 13.0. The maximum Gasteiger partial charge on any atom is 0.314 e. The van der Waals surface area contributed by atoms with Crippen molar-refractivity contribution in [3.63, 3.8) is 0 Å². The number of carbonyl (C=O) groups excluding carboxylic acids is 1. The van der Waals surface area contributed by atoms with Crippen LogP contribution in [0.15, 0.2) is 48.6 Å². The Morgan fingerprint density at radius 2 is 1.92 bits per heavy atom. The first kappa shape index (κ1) is 17.9. The van der Waals surface area contributed by atoms with Gasteiger partial charge in [0.1, 0.15) is 11.6 Å². The Hall–Kier alpha value is -2.41. The van der Waals surface area contributed by atoms with Crippen molar-refractivity contribution in [2.24, 2.45) is 11.8 Å². The van der Waals surface area contributed by atoms with E-state index in [1.807, 2.05) is 12.1 Å². The van der Waals surface area contributed by atoms with Gasteiger partial charge in [0.25, 0.3) is 0 Å². The normalized spacial score (nSPS) is 21.0. The van der Waals surface area contributed by atoms with Crippen molar-refractivity contribution < 1.29 is 13.9 Å². The number of carbonyl (C=O) groups is 1. The molecular formula is C20H22FNO2. The second-order valence-corrected chi connectivity index (χ2v) is 6.09. The molecule has 24 heavy (non-hydrogen) atoms. The van der Waals surface area contributed by atoms with E-state index >= 15 is 0 Å². The molecule has 0 saturated heterocycles. The van der Waals surface area contributed by atoms with Crippen LogP contribution in [0.2, 0.25) is 0 Å². The molecule has 0 atom stereocenters. The van der Waals surface area contributed by atoms with Crippen LogP contribution in [0.5, 0.6) is 5.75 Å². The largest absolute Gasteiger partial charge is 0.426 e. The summed E-state index contributed by atoms with van der Waals surface area (Å²) in [4.78, 5) is 12.2. The minimum atomic E-state index is -0.340. The molecule has 0 heterocycles. The van der Waals surface area contributed by atoms with Gasteiger partial charge in [-0.3, -0.25) is 4.79 Å². The van der Waals surface area contributed by atoms with Crippen LogP contribution in [0.1, 0.15) is 38.5 Å². The van der Waals surface area contributed by atoms with Gasteiger partial charge in [-0.15, -0.1) is 0 Å². The highest BCUT2D eigenvalue weighted by molar-refractivity contribution is 5.75. The van der Waals surface area contributed by atoms with Crippen LogP contribution in [0.4, 0.5) is 4.39 Å². The first-order valence-corrected chi connectivity index (χ1v) is 8.37. The molecule has 0 aromatic heterocycles. The number of ether oxygens (including phenoxy) is 1. The summed E-state index contributed by atoms with van der Waals surface area (Å²) in [5.41, 5.74) is 0. The van der Waals surface area contributed by atoms with Crippen LogP contribution in [0.25, 0.3) is 0 Å². The quantitative estimate of drug-likeness (QED) is 0.321. The first-order valence-electron chi connectivity index (χ1n) is 8.37. The fourth-order valence-electron chi connectivity index (χ4n) is 2.99. The summed E-state index contributed by atoms with van der Waals surface area (Å²) in [5.74, 6) is 0.443. The molecule has 0 bridgehead atoms. The van der Waals surface area contributed by atoms with Crippen LogP contribution < -0.4 is 4.74 Å². The topological polar surface area (TPSA) is 50.1 Å². The van der Waals surface area contributed by atoms with Crippen molar-refractivity contribution in [2.75, 3.05) is 0 Å². The summed E-state index contributed by atoms with van der Waals surface area (Å²) < 4.78 is 18.2. The van der Waals surface area contributed by atoms with Gasteiger partial charge in [-0.25, -0.2) is 4.39 Å². The van der Waals surface area contributed by atoms with E-state index in [9.17, 15) is 9.18 Å². The molecule has 0 aliphatic heterocycles. The van der Waals surface area contributed by atoms with E-state index in [0.29, 0.717) is 11.7 Å². The summed E-state index contributed by atoms with van der Waals surface area (Å²) in [7, 11) is 0.